The van der Waals surface area contributed by atoms with E-state index in [0.29, 0.717) is 22.3 Å². The summed E-state index contributed by atoms with van der Waals surface area (Å²) in [5.74, 6) is -0.490. The van der Waals surface area contributed by atoms with Crippen LogP contribution in [0.4, 0.5) is 0 Å². The zero-order valence-corrected chi connectivity index (χ0v) is 19.6. The topological polar surface area (TPSA) is 92.5 Å². The van der Waals surface area contributed by atoms with Crippen molar-refractivity contribution in [3.63, 3.8) is 0 Å². The molecule has 0 fully saturated rings. The summed E-state index contributed by atoms with van der Waals surface area (Å²) in [6, 6.07) is 23.2. The van der Waals surface area contributed by atoms with Crippen LogP contribution in [-0.2, 0) is 6.54 Å². The first-order valence-corrected chi connectivity index (χ1v) is 11.5. The Kier molecular flexibility index (Phi) is 5.28. The lowest BCUT2D eigenvalue weighted by molar-refractivity contribution is 0.525. The minimum Gasteiger partial charge on any atom is -0.386 e. The van der Waals surface area contributed by atoms with Crippen LogP contribution in [0.15, 0.2) is 88.3 Å². The number of fused-ring (bicyclic) bond motifs is 1. The van der Waals surface area contributed by atoms with Crippen LogP contribution in [0.1, 0.15) is 5.56 Å². The smallest absolute Gasteiger partial charge is 0.386 e. The summed E-state index contributed by atoms with van der Waals surface area (Å²) in [6.07, 6.45) is 1.81. The van der Waals surface area contributed by atoms with E-state index in [2.05, 4.69) is 19.7 Å². The van der Waals surface area contributed by atoms with Crippen molar-refractivity contribution < 1.29 is 4.42 Å². The van der Waals surface area contributed by atoms with Gasteiger partial charge in [0.05, 0.1) is 17.7 Å². The number of rotatable bonds is 5. The lowest BCUT2D eigenvalue weighted by atomic mass is 10.0. The van der Waals surface area contributed by atoms with Gasteiger partial charge in [-0.2, -0.15) is 0 Å². The zero-order chi connectivity index (χ0) is 23.9. The number of hydrogen-bond acceptors (Lipinski definition) is 4. The van der Waals surface area contributed by atoms with Crippen LogP contribution in [0.5, 0.6) is 0 Å². The molecule has 6 aromatic rings. The summed E-state index contributed by atoms with van der Waals surface area (Å²) < 4.78 is 7.42. The third-order valence-electron chi connectivity index (χ3n) is 5.80. The van der Waals surface area contributed by atoms with Gasteiger partial charge in [-0.05, 0) is 29.8 Å². The Balaban J connectivity index is 1.65. The van der Waals surface area contributed by atoms with Crippen molar-refractivity contribution in [3.05, 3.63) is 105 Å². The minimum absolute atomic E-state index is 0.149. The monoisotopic (exact) mass is 501 g/mol. The van der Waals surface area contributed by atoms with Gasteiger partial charge in [-0.15, -0.1) is 5.10 Å². The lowest BCUT2D eigenvalue weighted by Gasteiger charge is -2.12. The summed E-state index contributed by atoms with van der Waals surface area (Å²) >= 11 is 12.4. The molecule has 0 radical (unpaired) electrons. The number of benzene rings is 3. The van der Waals surface area contributed by atoms with Crippen molar-refractivity contribution in [3.8, 4) is 34.1 Å². The van der Waals surface area contributed by atoms with Gasteiger partial charge in [0.1, 0.15) is 5.69 Å². The highest BCUT2D eigenvalue weighted by Gasteiger charge is 2.25. The van der Waals surface area contributed by atoms with Gasteiger partial charge in [0.15, 0.2) is 0 Å². The Morgan fingerprint density at radius 3 is 2.46 bits per heavy atom. The van der Waals surface area contributed by atoms with Gasteiger partial charge < -0.3 is 14.0 Å². The van der Waals surface area contributed by atoms with E-state index in [0.717, 1.165) is 39.0 Å². The average molecular weight is 502 g/mol. The van der Waals surface area contributed by atoms with E-state index in [9.17, 15) is 4.79 Å². The van der Waals surface area contributed by atoms with Crippen LogP contribution >= 0.6 is 23.2 Å². The number of imidazole rings is 1. The van der Waals surface area contributed by atoms with Gasteiger partial charge >= 0.3 is 5.76 Å². The predicted octanol–water partition coefficient (Wildman–Crippen LogP) is 6.40. The lowest BCUT2D eigenvalue weighted by Crippen LogP contribution is -2.01. The molecule has 9 heteroatoms. The number of hydrogen-bond donors (Lipinski definition) is 2. The number of aromatic amines is 2. The summed E-state index contributed by atoms with van der Waals surface area (Å²) in [7, 11) is 0. The Hall–Kier alpha value is -4.07. The molecule has 0 saturated carbocycles. The van der Waals surface area contributed by atoms with Crippen LogP contribution in [0, 0.1) is 0 Å². The van der Waals surface area contributed by atoms with E-state index in [-0.39, 0.29) is 5.89 Å². The van der Waals surface area contributed by atoms with Gasteiger partial charge in [0, 0.05) is 38.6 Å². The quantitative estimate of drug-likeness (QED) is 0.286. The molecule has 3 heterocycles. The molecule has 172 valence electrons. The molecule has 0 aliphatic rings. The number of nitrogens with zero attached hydrogens (tertiary/aromatic N) is 3. The van der Waals surface area contributed by atoms with Crippen molar-refractivity contribution in [2.45, 2.75) is 6.54 Å². The average Bonchev–Trinajstić information content (AvgIpc) is 3.57. The Morgan fingerprint density at radius 1 is 0.943 bits per heavy atom. The first-order valence-electron chi connectivity index (χ1n) is 10.8. The molecule has 2 N–H and O–H groups in total. The Labute approximate surface area is 209 Å². The highest BCUT2D eigenvalue weighted by Crippen LogP contribution is 2.42. The predicted molar refractivity (Wildman–Crippen MR) is 137 cm³/mol. The van der Waals surface area contributed by atoms with E-state index in [1.54, 1.807) is 0 Å². The summed E-state index contributed by atoms with van der Waals surface area (Å²) in [5, 5.41) is 8.59. The molecule has 3 aromatic heterocycles. The second-order valence-corrected chi connectivity index (χ2v) is 8.92. The fourth-order valence-corrected chi connectivity index (χ4v) is 4.57. The van der Waals surface area contributed by atoms with Gasteiger partial charge in [-0.3, -0.25) is 0 Å². The fourth-order valence-electron chi connectivity index (χ4n) is 4.27. The summed E-state index contributed by atoms with van der Waals surface area (Å²) in [4.78, 5) is 19.9. The maximum absolute atomic E-state index is 11.8. The van der Waals surface area contributed by atoms with Crippen molar-refractivity contribution in [2.24, 2.45) is 0 Å². The van der Waals surface area contributed by atoms with Gasteiger partial charge in [0.25, 0.3) is 5.89 Å². The standard InChI is InChI=1S/C26H17Cl2N5O2/c27-17-8-6-15(7-9-17)13-33-14-29-22(16-4-2-1-3-5-16)24(33)21-19-11-10-18(28)12-20(19)30-23(21)25-31-32-26(34)35-25/h1-12,14,30H,13H2,(H,32,34). The molecule has 0 amide bonds. The largest absolute Gasteiger partial charge is 0.434 e. The molecule has 0 saturated heterocycles. The zero-order valence-electron chi connectivity index (χ0n) is 18.1. The van der Waals surface area contributed by atoms with E-state index >= 15 is 0 Å². The van der Waals surface area contributed by atoms with Gasteiger partial charge in [-0.1, -0.05) is 71.7 Å². The van der Waals surface area contributed by atoms with Crippen molar-refractivity contribution in [1.29, 1.82) is 0 Å². The molecule has 0 unspecified atom stereocenters. The maximum Gasteiger partial charge on any atom is 0.434 e. The van der Waals surface area contributed by atoms with E-state index < -0.39 is 5.76 Å². The van der Waals surface area contributed by atoms with Crippen LogP contribution in [0.3, 0.4) is 0 Å². The SMILES string of the molecule is O=c1[nH]nc(-c2[nH]c3cc(Cl)ccc3c2-c2c(-c3ccccc3)ncn2Cc2ccc(Cl)cc2)o1. The van der Waals surface area contributed by atoms with Crippen molar-refractivity contribution in [2.75, 3.05) is 0 Å². The number of H-pyrrole nitrogens is 2. The molecule has 6 rings (SSSR count). The molecule has 35 heavy (non-hydrogen) atoms. The molecular weight excluding hydrogens is 485 g/mol. The van der Waals surface area contributed by atoms with E-state index in [4.69, 9.17) is 32.6 Å². The van der Waals surface area contributed by atoms with E-state index in [1.165, 1.54) is 0 Å². The minimum atomic E-state index is -0.638. The van der Waals surface area contributed by atoms with Crippen molar-refractivity contribution in [1.82, 2.24) is 24.7 Å². The summed E-state index contributed by atoms with van der Waals surface area (Å²) in [6.45, 7) is 0.552. The van der Waals surface area contributed by atoms with E-state index in [1.807, 2.05) is 79.1 Å². The Morgan fingerprint density at radius 2 is 1.71 bits per heavy atom. The molecule has 0 atom stereocenters. The molecular formula is C26H17Cl2N5O2. The molecule has 0 spiro atoms. The third-order valence-corrected chi connectivity index (χ3v) is 6.29. The molecule has 0 aliphatic heterocycles. The molecule has 7 nitrogen and oxygen atoms in total. The van der Waals surface area contributed by atoms with Crippen LogP contribution < -0.4 is 5.76 Å². The molecule has 0 bridgehead atoms. The number of halogens is 2. The number of aromatic nitrogens is 5. The second-order valence-electron chi connectivity index (χ2n) is 8.05. The van der Waals surface area contributed by atoms with Crippen molar-refractivity contribution >= 4 is 34.1 Å². The van der Waals surface area contributed by atoms with Crippen LogP contribution in [-0.4, -0.2) is 24.7 Å². The fraction of sp³-hybridized carbons (Fsp3) is 0.0385. The highest BCUT2D eigenvalue weighted by atomic mass is 35.5. The first kappa shape index (κ1) is 21.5. The van der Waals surface area contributed by atoms with Crippen LogP contribution in [0.2, 0.25) is 10.0 Å². The molecule has 0 aliphatic carbocycles. The van der Waals surface area contributed by atoms with Gasteiger partial charge in [-0.25, -0.2) is 14.9 Å². The highest BCUT2D eigenvalue weighted by molar-refractivity contribution is 6.31. The Bertz CT molecular complexity index is 1710. The number of nitrogens with one attached hydrogen (secondary N) is 2. The second kappa shape index (κ2) is 8.61. The third kappa shape index (κ3) is 3.95. The van der Waals surface area contributed by atoms with Gasteiger partial charge in [0.2, 0.25) is 0 Å². The first-order chi connectivity index (χ1) is 17.1. The normalized spacial score (nSPS) is 11.4. The summed E-state index contributed by atoms with van der Waals surface area (Å²) in [5.41, 5.74) is 5.78. The van der Waals surface area contributed by atoms with Crippen LogP contribution in [0.25, 0.3) is 45.0 Å². The maximum atomic E-state index is 11.8. The molecule has 3 aromatic carbocycles.